The molecule has 158 valence electrons. The molecule has 5 rings (SSSR count). The van der Waals surface area contributed by atoms with Crippen LogP contribution in [0.15, 0.2) is 36.4 Å². The topological polar surface area (TPSA) is 70.2 Å². The van der Waals surface area contributed by atoms with Crippen molar-refractivity contribution in [2.24, 2.45) is 11.8 Å². The lowest BCUT2D eigenvalue weighted by molar-refractivity contribution is -0.144. The largest absolute Gasteiger partial charge is 0.360 e. The lowest BCUT2D eigenvalue weighted by Gasteiger charge is -2.37. The SMILES string of the molecule is CCN1CC23C=CC(O2)C(C(=O)N2CCN(C(=O)c4cccc(F)c4)CC2)C3C1=O. The standard InChI is InChI=1S/C22H24FN3O4/c1-2-24-13-22-7-6-16(30-22)17(18(22)21(24)29)20(28)26-10-8-25(9-11-26)19(27)14-4-3-5-15(23)12-14/h3-7,12,16-18H,2,8-11,13H2,1H3. The van der Waals surface area contributed by atoms with Crippen LogP contribution < -0.4 is 0 Å². The summed E-state index contributed by atoms with van der Waals surface area (Å²) in [5.74, 6) is -1.76. The Labute approximate surface area is 174 Å². The van der Waals surface area contributed by atoms with Crippen molar-refractivity contribution in [1.82, 2.24) is 14.7 Å². The highest BCUT2D eigenvalue weighted by molar-refractivity contribution is 5.95. The summed E-state index contributed by atoms with van der Waals surface area (Å²) >= 11 is 0. The molecule has 3 saturated heterocycles. The zero-order valence-corrected chi connectivity index (χ0v) is 16.8. The van der Waals surface area contributed by atoms with Crippen LogP contribution in [0.2, 0.25) is 0 Å². The summed E-state index contributed by atoms with van der Waals surface area (Å²) in [6.07, 6.45) is 3.50. The lowest BCUT2D eigenvalue weighted by atomic mass is 9.76. The smallest absolute Gasteiger partial charge is 0.254 e. The molecule has 4 atom stereocenters. The number of likely N-dealkylation sites (tertiary alicyclic amines) is 1. The Kier molecular flexibility index (Phi) is 4.43. The van der Waals surface area contributed by atoms with Gasteiger partial charge in [-0.25, -0.2) is 4.39 Å². The molecule has 1 aromatic rings. The van der Waals surface area contributed by atoms with Gasteiger partial charge in [-0.05, 0) is 25.1 Å². The Hall–Kier alpha value is -2.74. The van der Waals surface area contributed by atoms with E-state index in [1.165, 1.54) is 18.2 Å². The van der Waals surface area contributed by atoms with Gasteiger partial charge in [-0.2, -0.15) is 0 Å². The van der Waals surface area contributed by atoms with Gasteiger partial charge in [0.1, 0.15) is 11.4 Å². The van der Waals surface area contributed by atoms with Gasteiger partial charge in [0.15, 0.2) is 0 Å². The second-order valence-electron chi connectivity index (χ2n) is 8.38. The molecule has 0 aliphatic carbocycles. The number of carbonyl (C=O) groups excluding carboxylic acids is 3. The van der Waals surface area contributed by atoms with Crippen molar-refractivity contribution in [2.45, 2.75) is 18.6 Å². The average Bonchev–Trinajstić information content (AvgIpc) is 3.41. The Morgan fingerprint density at radius 3 is 2.63 bits per heavy atom. The minimum atomic E-state index is -0.673. The van der Waals surface area contributed by atoms with E-state index in [1.807, 2.05) is 19.1 Å². The van der Waals surface area contributed by atoms with Crippen LogP contribution in [0.4, 0.5) is 4.39 Å². The number of rotatable bonds is 3. The normalized spacial score (nSPS) is 32.1. The first-order valence-corrected chi connectivity index (χ1v) is 10.4. The van der Waals surface area contributed by atoms with E-state index in [1.54, 1.807) is 20.8 Å². The number of piperazine rings is 1. The van der Waals surface area contributed by atoms with Crippen LogP contribution in [0.5, 0.6) is 0 Å². The first kappa shape index (κ1) is 19.2. The van der Waals surface area contributed by atoms with Crippen LogP contribution in [0.25, 0.3) is 0 Å². The van der Waals surface area contributed by atoms with Gasteiger partial charge in [0, 0.05) is 38.3 Å². The molecule has 0 saturated carbocycles. The molecule has 1 spiro atoms. The van der Waals surface area contributed by atoms with E-state index in [0.29, 0.717) is 44.8 Å². The Bertz CT molecular complexity index is 942. The molecule has 30 heavy (non-hydrogen) atoms. The van der Waals surface area contributed by atoms with E-state index in [9.17, 15) is 18.8 Å². The van der Waals surface area contributed by atoms with Gasteiger partial charge in [0.2, 0.25) is 11.8 Å². The number of nitrogens with zero attached hydrogens (tertiary/aromatic N) is 3. The van der Waals surface area contributed by atoms with Crippen LogP contribution in [0, 0.1) is 17.7 Å². The van der Waals surface area contributed by atoms with Gasteiger partial charge in [0.25, 0.3) is 5.91 Å². The van der Waals surface area contributed by atoms with Crippen molar-refractivity contribution in [1.29, 1.82) is 0 Å². The number of amides is 3. The third kappa shape index (κ3) is 2.77. The second kappa shape index (κ2) is 6.91. The van der Waals surface area contributed by atoms with Gasteiger partial charge in [-0.3, -0.25) is 14.4 Å². The summed E-state index contributed by atoms with van der Waals surface area (Å²) in [5.41, 5.74) is -0.368. The lowest BCUT2D eigenvalue weighted by Crippen LogP contribution is -2.54. The van der Waals surface area contributed by atoms with Crippen molar-refractivity contribution < 1.29 is 23.5 Å². The quantitative estimate of drug-likeness (QED) is 0.691. The molecule has 0 aromatic heterocycles. The second-order valence-corrected chi connectivity index (χ2v) is 8.38. The monoisotopic (exact) mass is 413 g/mol. The average molecular weight is 413 g/mol. The number of ether oxygens (including phenoxy) is 1. The van der Waals surface area contributed by atoms with Crippen LogP contribution in [-0.2, 0) is 14.3 Å². The molecule has 8 heteroatoms. The number of fused-ring (bicyclic) bond motifs is 1. The molecular weight excluding hydrogens is 389 g/mol. The fraction of sp³-hybridized carbons (Fsp3) is 0.500. The van der Waals surface area contributed by atoms with Gasteiger partial charge in [0.05, 0.1) is 24.5 Å². The van der Waals surface area contributed by atoms with E-state index in [-0.39, 0.29) is 23.8 Å². The van der Waals surface area contributed by atoms with Crippen LogP contribution in [-0.4, -0.2) is 83.4 Å². The highest BCUT2D eigenvalue weighted by Gasteiger charge is 2.67. The number of likely N-dealkylation sites (N-methyl/N-ethyl adjacent to an activating group) is 1. The zero-order chi connectivity index (χ0) is 21.0. The molecular formula is C22H24FN3O4. The van der Waals surface area contributed by atoms with E-state index in [4.69, 9.17) is 4.74 Å². The van der Waals surface area contributed by atoms with Crippen molar-refractivity contribution in [3.05, 3.63) is 47.8 Å². The van der Waals surface area contributed by atoms with E-state index >= 15 is 0 Å². The first-order valence-electron chi connectivity index (χ1n) is 10.4. The number of hydrogen-bond donors (Lipinski definition) is 0. The van der Waals surface area contributed by atoms with Crippen LogP contribution in [0.3, 0.4) is 0 Å². The molecule has 0 N–H and O–H groups in total. The maximum atomic E-state index is 13.4. The van der Waals surface area contributed by atoms with Crippen molar-refractivity contribution in [2.75, 3.05) is 39.3 Å². The summed E-state index contributed by atoms with van der Waals surface area (Å²) in [7, 11) is 0. The first-order chi connectivity index (χ1) is 14.4. The molecule has 1 aromatic carbocycles. The van der Waals surface area contributed by atoms with E-state index in [2.05, 4.69) is 0 Å². The van der Waals surface area contributed by atoms with Gasteiger partial charge >= 0.3 is 0 Å². The van der Waals surface area contributed by atoms with Crippen LogP contribution in [0.1, 0.15) is 17.3 Å². The zero-order valence-electron chi connectivity index (χ0n) is 16.8. The maximum absolute atomic E-state index is 13.4. The molecule has 0 radical (unpaired) electrons. The van der Waals surface area contributed by atoms with E-state index < -0.39 is 23.3 Å². The molecule has 4 aliphatic rings. The molecule has 4 aliphatic heterocycles. The molecule has 4 unspecified atom stereocenters. The third-order valence-corrected chi connectivity index (χ3v) is 6.80. The molecule has 4 heterocycles. The molecule has 7 nitrogen and oxygen atoms in total. The van der Waals surface area contributed by atoms with Crippen molar-refractivity contribution in [3.8, 4) is 0 Å². The summed E-state index contributed by atoms with van der Waals surface area (Å²) in [6, 6.07) is 5.63. The Balaban J connectivity index is 1.27. The summed E-state index contributed by atoms with van der Waals surface area (Å²) in [4.78, 5) is 44.0. The van der Waals surface area contributed by atoms with E-state index in [0.717, 1.165) is 0 Å². The number of halogens is 1. The summed E-state index contributed by atoms with van der Waals surface area (Å²) < 4.78 is 19.5. The van der Waals surface area contributed by atoms with Gasteiger partial charge < -0.3 is 19.4 Å². The summed E-state index contributed by atoms with van der Waals surface area (Å²) in [6.45, 7) is 4.55. The van der Waals surface area contributed by atoms with Gasteiger partial charge in [-0.15, -0.1) is 0 Å². The van der Waals surface area contributed by atoms with Crippen molar-refractivity contribution >= 4 is 17.7 Å². The molecule has 2 bridgehead atoms. The summed E-state index contributed by atoms with van der Waals surface area (Å²) in [5, 5.41) is 0. The third-order valence-electron chi connectivity index (χ3n) is 6.80. The number of hydrogen-bond acceptors (Lipinski definition) is 4. The predicted molar refractivity (Wildman–Crippen MR) is 105 cm³/mol. The maximum Gasteiger partial charge on any atom is 0.254 e. The van der Waals surface area contributed by atoms with Crippen molar-refractivity contribution in [3.63, 3.8) is 0 Å². The minimum absolute atomic E-state index is 0.0115. The Morgan fingerprint density at radius 1 is 1.20 bits per heavy atom. The highest BCUT2D eigenvalue weighted by atomic mass is 19.1. The number of carbonyl (C=O) groups is 3. The molecule has 3 fully saturated rings. The van der Waals surface area contributed by atoms with Gasteiger partial charge in [-0.1, -0.05) is 18.2 Å². The fourth-order valence-corrected chi connectivity index (χ4v) is 5.27. The minimum Gasteiger partial charge on any atom is -0.360 e. The number of benzene rings is 1. The highest BCUT2D eigenvalue weighted by Crippen LogP contribution is 2.52. The predicted octanol–water partition coefficient (Wildman–Crippen LogP) is 0.912. The van der Waals surface area contributed by atoms with Crippen LogP contribution >= 0.6 is 0 Å². The Morgan fingerprint density at radius 2 is 1.93 bits per heavy atom. The fourth-order valence-electron chi connectivity index (χ4n) is 5.27. The molecule has 3 amide bonds.